The molecule has 0 spiro atoms. The highest BCUT2D eigenvalue weighted by Crippen LogP contribution is 2.40. The summed E-state index contributed by atoms with van der Waals surface area (Å²) in [6.07, 6.45) is 1.30. The van der Waals surface area contributed by atoms with Gasteiger partial charge in [-0.2, -0.15) is 0 Å². The third-order valence-corrected chi connectivity index (χ3v) is 6.46. The van der Waals surface area contributed by atoms with Crippen LogP contribution in [0.2, 0.25) is 0 Å². The number of H-pyrrole nitrogens is 1. The monoisotopic (exact) mass is 456 g/mol. The van der Waals surface area contributed by atoms with E-state index in [1.54, 1.807) is 31.0 Å². The molecule has 3 heterocycles. The second-order valence-electron chi connectivity index (χ2n) is 9.78. The van der Waals surface area contributed by atoms with Gasteiger partial charge in [-0.25, -0.2) is 14.0 Å². The van der Waals surface area contributed by atoms with Gasteiger partial charge in [0.2, 0.25) is 0 Å². The first-order valence-electron chi connectivity index (χ1n) is 11.6. The highest BCUT2D eigenvalue weighted by Gasteiger charge is 2.38. The van der Waals surface area contributed by atoms with E-state index in [4.69, 9.17) is 4.74 Å². The van der Waals surface area contributed by atoms with Crippen LogP contribution in [-0.2, 0) is 14.9 Å². The number of esters is 1. The Labute approximate surface area is 194 Å². The number of halogens is 1. The zero-order valence-electron chi connectivity index (χ0n) is 20.1. The highest BCUT2D eigenvalue weighted by molar-refractivity contribution is 6.18. The quantitative estimate of drug-likeness (QED) is 0.710. The SMILES string of the molecule is CCN1CCN(C(=O)N2C=C(C(=O)OC(C)C)c3[nH]c4cc(F)ccc4c3C(C)(C)C2)CC1. The van der Waals surface area contributed by atoms with E-state index in [1.807, 2.05) is 18.7 Å². The van der Waals surface area contributed by atoms with Crippen LogP contribution in [0.25, 0.3) is 16.5 Å². The number of likely N-dealkylation sites (N-methyl/N-ethyl adjacent to an activating group) is 1. The molecule has 1 saturated heterocycles. The molecule has 0 bridgehead atoms. The molecular formula is C25H33FN4O3. The number of amides is 2. The topological polar surface area (TPSA) is 68.9 Å². The lowest BCUT2D eigenvalue weighted by Crippen LogP contribution is -2.53. The number of piperazine rings is 1. The van der Waals surface area contributed by atoms with E-state index in [9.17, 15) is 14.0 Å². The summed E-state index contributed by atoms with van der Waals surface area (Å²) < 4.78 is 19.5. The highest BCUT2D eigenvalue weighted by atomic mass is 19.1. The van der Waals surface area contributed by atoms with Gasteiger partial charge in [0.05, 0.1) is 17.4 Å². The van der Waals surface area contributed by atoms with Crippen LogP contribution in [0.5, 0.6) is 0 Å². The molecule has 1 fully saturated rings. The standard InChI is InChI=1S/C25H33FN4O3/c1-6-28-9-11-29(12-10-28)24(32)30-14-19(23(31)33-16(2)3)22-21(25(4,5)15-30)18-8-7-17(26)13-20(18)27-22/h7-8,13-14,16,27H,6,9-12,15H2,1-5H3. The predicted molar refractivity (Wildman–Crippen MR) is 126 cm³/mol. The van der Waals surface area contributed by atoms with Gasteiger partial charge in [0.25, 0.3) is 0 Å². The van der Waals surface area contributed by atoms with Crippen molar-refractivity contribution in [2.45, 2.75) is 46.1 Å². The Morgan fingerprint density at radius 3 is 2.52 bits per heavy atom. The van der Waals surface area contributed by atoms with Gasteiger partial charge >= 0.3 is 12.0 Å². The zero-order valence-corrected chi connectivity index (χ0v) is 20.1. The molecule has 1 aromatic carbocycles. The molecule has 0 radical (unpaired) electrons. The number of benzene rings is 1. The van der Waals surface area contributed by atoms with E-state index >= 15 is 0 Å². The normalized spacial score (nSPS) is 18.8. The summed E-state index contributed by atoms with van der Waals surface area (Å²) in [5.74, 6) is -0.861. The first kappa shape index (κ1) is 23.3. The number of rotatable bonds is 3. The van der Waals surface area contributed by atoms with Crippen LogP contribution in [0, 0.1) is 5.82 Å². The first-order chi connectivity index (χ1) is 15.6. The number of urea groups is 1. The molecule has 0 unspecified atom stereocenters. The molecule has 2 amide bonds. The van der Waals surface area contributed by atoms with Crippen LogP contribution in [0.1, 0.15) is 45.9 Å². The lowest BCUT2D eigenvalue weighted by molar-refractivity contribution is -0.140. The van der Waals surface area contributed by atoms with Crippen LogP contribution >= 0.6 is 0 Å². The summed E-state index contributed by atoms with van der Waals surface area (Å²) in [6.45, 7) is 14.1. The Balaban J connectivity index is 1.78. The molecule has 1 aromatic heterocycles. The summed E-state index contributed by atoms with van der Waals surface area (Å²) in [4.78, 5) is 35.7. The van der Waals surface area contributed by atoms with Crippen molar-refractivity contribution in [3.05, 3.63) is 41.5 Å². The summed E-state index contributed by atoms with van der Waals surface area (Å²) >= 11 is 0. The lowest BCUT2D eigenvalue weighted by Gasteiger charge is -2.38. The maximum atomic E-state index is 13.9. The Morgan fingerprint density at radius 2 is 1.88 bits per heavy atom. The molecule has 178 valence electrons. The molecule has 2 aromatic rings. The van der Waals surface area contributed by atoms with Gasteiger partial charge in [-0.1, -0.05) is 20.8 Å². The molecule has 33 heavy (non-hydrogen) atoms. The number of aromatic nitrogens is 1. The van der Waals surface area contributed by atoms with Crippen LogP contribution in [-0.4, -0.2) is 77.1 Å². The fourth-order valence-corrected chi connectivity index (χ4v) is 4.84. The van der Waals surface area contributed by atoms with E-state index < -0.39 is 11.4 Å². The van der Waals surface area contributed by atoms with Crippen LogP contribution in [0.3, 0.4) is 0 Å². The van der Waals surface area contributed by atoms with Gasteiger partial charge in [0.15, 0.2) is 0 Å². The Kier molecular flexibility index (Phi) is 6.22. The lowest BCUT2D eigenvalue weighted by atomic mass is 9.82. The summed E-state index contributed by atoms with van der Waals surface area (Å²) in [6, 6.07) is 4.47. The van der Waals surface area contributed by atoms with E-state index in [0.717, 1.165) is 30.6 Å². The minimum atomic E-state index is -0.510. The molecule has 0 saturated carbocycles. The van der Waals surface area contributed by atoms with Crippen molar-refractivity contribution in [1.29, 1.82) is 0 Å². The summed E-state index contributed by atoms with van der Waals surface area (Å²) in [5, 5.41) is 0.838. The molecule has 0 atom stereocenters. The van der Waals surface area contributed by atoms with Crippen LogP contribution < -0.4 is 0 Å². The number of hydrogen-bond donors (Lipinski definition) is 1. The number of fused-ring (bicyclic) bond motifs is 3. The second-order valence-corrected chi connectivity index (χ2v) is 9.78. The van der Waals surface area contributed by atoms with E-state index in [2.05, 4.69) is 16.8 Å². The third kappa shape index (κ3) is 4.49. The minimum Gasteiger partial charge on any atom is -0.459 e. The number of nitrogens with one attached hydrogen (secondary N) is 1. The maximum Gasteiger partial charge on any atom is 0.342 e. The van der Waals surface area contributed by atoms with Crippen molar-refractivity contribution in [3.8, 4) is 0 Å². The number of nitrogens with zero attached hydrogens (tertiary/aromatic N) is 3. The maximum absolute atomic E-state index is 13.9. The average molecular weight is 457 g/mol. The molecule has 0 aliphatic carbocycles. The summed E-state index contributed by atoms with van der Waals surface area (Å²) in [5.41, 5.74) is 1.86. The van der Waals surface area contributed by atoms with Gasteiger partial charge in [0.1, 0.15) is 5.82 Å². The number of aromatic amines is 1. The Morgan fingerprint density at radius 1 is 1.18 bits per heavy atom. The fourth-order valence-electron chi connectivity index (χ4n) is 4.84. The van der Waals surface area contributed by atoms with Gasteiger partial charge in [0, 0.05) is 55.2 Å². The predicted octanol–water partition coefficient (Wildman–Crippen LogP) is 3.95. The van der Waals surface area contributed by atoms with Crippen molar-refractivity contribution >= 4 is 28.5 Å². The molecule has 7 nitrogen and oxygen atoms in total. The molecule has 2 aliphatic rings. The molecule has 8 heteroatoms. The minimum absolute atomic E-state index is 0.117. The van der Waals surface area contributed by atoms with Gasteiger partial charge in [-0.15, -0.1) is 0 Å². The smallest absolute Gasteiger partial charge is 0.342 e. The van der Waals surface area contributed by atoms with Crippen LogP contribution in [0.15, 0.2) is 24.4 Å². The van der Waals surface area contributed by atoms with Crippen molar-refractivity contribution in [2.75, 3.05) is 39.3 Å². The van der Waals surface area contributed by atoms with E-state index in [0.29, 0.717) is 30.8 Å². The average Bonchev–Trinajstić information content (AvgIpc) is 3.09. The van der Waals surface area contributed by atoms with Crippen molar-refractivity contribution in [1.82, 2.24) is 19.7 Å². The Bertz CT molecular complexity index is 1100. The number of hydrogen-bond acceptors (Lipinski definition) is 4. The van der Waals surface area contributed by atoms with E-state index in [-0.39, 0.29) is 23.5 Å². The van der Waals surface area contributed by atoms with Crippen LogP contribution in [0.4, 0.5) is 9.18 Å². The third-order valence-electron chi connectivity index (χ3n) is 6.46. The summed E-state index contributed by atoms with van der Waals surface area (Å²) in [7, 11) is 0. The van der Waals surface area contributed by atoms with Crippen molar-refractivity contribution in [2.24, 2.45) is 0 Å². The van der Waals surface area contributed by atoms with Gasteiger partial charge < -0.3 is 19.5 Å². The van der Waals surface area contributed by atoms with Gasteiger partial charge in [-0.3, -0.25) is 4.90 Å². The van der Waals surface area contributed by atoms with Crippen molar-refractivity contribution in [3.63, 3.8) is 0 Å². The van der Waals surface area contributed by atoms with E-state index in [1.165, 1.54) is 12.1 Å². The number of carbonyl (C=O) groups excluding carboxylic acids is 2. The number of ether oxygens (including phenoxy) is 1. The molecule has 2 aliphatic heterocycles. The second kappa shape index (κ2) is 8.82. The molecule has 1 N–H and O–H groups in total. The zero-order chi connectivity index (χ0) is 23.9. The Hall–Kier alpha value is -2.87. The van der Waals surface area contributed by atoms with Crippen molar-refractivity contribution < 1.29 is 18.7 Å². The largest absolute Gasteiger partial charge is 0.459 e. The molecule has 4 rings (SSSR count). The molecular weight excluding hydrogens is 423 g/mol. The first-order valence-corrected chi connectivity index (χ1v) is 11.6. The fraction of sp³-hybridized carbons (Fsp3) is 0.520. The number of carbonyl (C=O) groups is 2. The van der Waals surface area contributed by atoms with Gasteiger partial charge in [-0.05, 0) is 44.2 Å².